The van der Waals surface area contributed by atoms with Gasteiger partial charge in [-0.2, -0.15) is 5.10 Å². The number of rotatable bonds is 6. The molecule has 1 amide bonds. The molecule has 0 radical (unpaired) electrons. The van der Waals surface area contributed by atoms with Crippen molar-refractivity contribution in [3.8, 4) is 0 Å². The van der Waals surface area contributed by atoms with E-state index in [-0.39, 0.29) is 11.9 Å². The third-order valence-electron chi connectivity index (χ3n) is 5.50. The van der Waals surface area contributed by atoms with Crippen LogP contribution in [0.5, 0.6) is 0 Å². The minimum atomic E-state index is 0.0723. The summed E-state index contributed by atoms with van der Waals surface area (Å²) in [6.07, 6.45) is 11.0. The highest BCUT2D eigenvalue weighted by Gasteiger charge is 2.30. The average Bonchev–Trinajstić information content (AvgIpc) is 3.34. The van der Waals surface area contributed by atoms with Gasteiger partial charge in [-0.1, -0.05) is 12.8 Å². The molecule has 1 fully saturated rings. The number of pyridine rings is 1. The first-order valence-corrected chi connectivity index (χ1v) is 9.56. The first kappa shape index (κ1) is 17.2. The predicted molar refractivity (Wildman–Crippen MR) is 97.1 cm³/mol. The van der Waals surface area contributed by atoms with Crippen LogP contribution >= 0.6 is 0 Å². The average molecular weight is 354 g/mol. The number of ether oxygens (including phenoxy) is 1. The molecule has 1 atom stereocenters. The summed E-state index contributed by atoms with van der Waals surface area (Å²) >= 11 is 0. The van der Waals surface area contributed by atoms with Crippen LogP contribution in [0, 0.1) is 5.92 Å². The van der Waals surface area contributed by atoms with E-state index >= 15 is 0 Å². The van der Waals surface area contributed by atoms with Crippen LogP contribution in [0.2, 0.25) is 0 Å². The van der Waals surface area contributed by atoms with Gasteiger partial charge in [0.25, 0.3) is 0 Å². The summed E-state index contributed by atoms with van der Waals surface area (Å²) in [5.41, 5.74) is 2.19. The van der Waals surface area contributed by atoms with E-state index in [1.807, 2.05) is 34.0 Å². The van der Waals surface area contributed by atoms with Crippen LogP contribution in [0.15, 0.2) is 36.8 Å². The van der Waals surface area contributed by atoms with Gasteiger partial charge in [-0.3, -0.25) is 14.5 Å². The number of carbonyl (C=O) groups excluding carboxylic acids is 1. The lowest BCUT2D eigenvalue weighted by Crippen LogP contribution is -2.43. The zero-order valence-electron chi connectivity index (χ0n) is 15.1. The summed E-state index contributed by atoms with van der Waals surface area (Å²) in [5.74, 6) is 0.860. The zero-order valence-corrected chi connectivity index (χ0v) is 15.1. The quantitative estimate of drug-likeness (QED) is 0.800. The molecule has 1 unspecified atom stereocenters. The van der Waals surface area contributed by atoms with E-state index < -0.39 is 0 Å². The summed E-state index contributed by atoms with van der Waals surface area (Å²) < 4.78 is 7.94. The standard InChI is InChI=1S/C20H26N4O2/c25-20(11-16-3-1-2-4-16)23-12-18-7-10-22-24(18)19(13-23)15-26-14-17-5-8-21-9-6-17/h5-10,16,19H,1-4,11-15H2. The van der Waals surface area contributed by atoms with Crippen LogP contribution in [-0.4, -0.2) is 38.7 Å². The van der Waals surface area contributed by atoms with Crippen molar-refractivity contribution in [3.63, 3.8) is 0 Å². The lowest BCUT2D eigenvalue weighted by atomic mass is 10.0. The Labute approximate surface area is 154 Å². The molecule has 0 spiro atoms. The topological polar surface area (TPSA) is 60.2 Å². The highest BCUT2D eigenvalue weighted by atomic mass is 16.5. The highest BCUT2D eigenvalue weighted by Crippen LogP contribution is 2.29. The van der Waals surface area contributed by atoms with E-state index in [0.29, 0.717) is 38.6 Å². The summed E-state index contributed by atoms with van der Waals surface area (Å²) in [6.45, 7) is 2.43. The zero-order chi connectivity index (χ0) is 17.8. The van der Waals surface area contributed by atoms with Crippen molar-refractivity contribution in [2.45, 2.75) is 51.3 Å². The van der Waals surface area contributed by atoms with Crippen molar-refractivity contribution in [1.82, 2.24) is 19.7 Å². The molecule has 6 nitrogen and oxygen atoms in total. The van der Waals surface area contributed by atoms with Gasteiger partial charge in [-0.15, -0.1) is 0 Å². The van der Waals surface area contributed by atoms with Gasteiger partial charge < -0.3 is 9.64 Å². The van der Waals surface area contributed by atoms with E-state index in [0.717, 1.165) is 11.3 Å². The highest BCUT2D eigenvalue weighted by molar-refractivity contribution is 5.76. The molecule has 2 aromatic rings. The Kier molecular flexibility index (Phi) is 5.29. The molecule has 138 valence electrons. The molecule has 6 heteroatoms. The Morgan fingerprint density at radius 2 is 1.96 bits per heavy atom. The van der Waals surface area contributed by atoms with Gasteiger partial charge >= 0.3 is 0 Å². The molecule has 0 aromatic carbocycles. The predicted octanol–water partition coefficient (Wildman–Crippen LogP) is 2.96. The molecule has 0 N–H and O–H groups in total. The fraction of sp³-hybridized carbons (Fsp3) is 0.550. The number of amides is 1. The van der Waals surface area contributed by atoms with Gasteiger partial charge in [0.05, 0.1) is 31.5 Å². The number of fused-ring (bicyclic) bond motifs is 1. The lowest BCUT2D eigenvalue weighted by Gasteiger charge is -2.34. The molecule has 26 heavy (non-hydrogen) atoms. The monoisotopic (exact) mass is 354 g/mol. The van der Waals surface area contributed by atoms with E-state index in [1.54, 1.807) is 12.4 Å². The van der Waals surface area contributed by atoms with E-state index in [4.69, 9.17) is 4.74 Å². The smallest absolute Gasteiger partial charge is 0.223 e. The third kappa shape index (κ3) is 3.96. The van der Waals surface area contributed by atoms with Gasteiger partial charge in [-0.25, -0.2) is 0 Å². The van der Waals surface area contributed by atoms with Crippen molar-refractivity contribution < 1.29 is 9.53 Å². The summed E-state index contributed by atoms with van der Waals surface area (Å²) in [4.78, 5) is 18.8. The van der Waals surface area contributed by atoms with Gasteiger partial charge in [0.1, 0.15) is 0 Å². The Balaban J connectivity index is 1.37. The summed E-state index contributed by atoms with van der Waals surface area (Å²) in [6, 6.07) is 5.99. The number of hydrogen-bond donors (Lipinski definition) is 0. The SMILES string of the molecule is O=C(CC1CCCC1)N1Cc2ccnn2C(COCc2ccncc2)C1. The van der Waals surface area contributed by atoms with E-state index in [1.165, 1.54) is 25.7 Å². The number of hydrogen-bond acceptors (Lipinski definition) is 4. The Morgan fingerprint density at radius 1 is 1.15 bits per heavy atom. The molecule has 0 saturated heterocycles. The fourth-order valence-electron chi connectivity index (χ4n) is 4.08. The molecule has 1 aliphatic carbocycles. The maximum absolute atomic E-state index is 12.8. The van der Waals surface area contributed by atoms with Crippen LogP contribution in [-0.2, 0) is 22.7 Å². The van der Waals surface area contributed by atoms with E-state index in [9.17, 15) is 4.79 Å². The number of carbonyl (C=O) groups is 1. The van der Waals surface area contributed by atoms with Crippen molar-refractivity contribution in [2.75, 3.05) is 13.2 Å². The Bertz CT molecular complexity index is 724. The Morgan fingerprint density at radius 3 is 2.77 bits per heavy atom. The molecule has 1 saturated carbocycles. The lowest BCUT2D eigenvalue weighted by molar-refractivity contribution is -0.134. The number of aromatic nitrogens is 3. The second-order valence-electron chi connectivity index (χ2n) is 7.42. The first-order valence-electron chi connectivity index (χ1n) is 9.56. The molecule has 0 bridgehead atoms. The third-order valence-corrected chi connectivity index (χ3v) is 5.50. The minimum absolute atomic E-state index is 0.0723. The minimum Gasteiger partial charge on any atom is -0.374 e. The normalized spacial score (nSPS) is 20.3. The maximum Gasteiger partial charge on any atom is 0.223 e. The van der Waals surface area contributed by atoms with Crippen molar-refractivity contribution in [2.24, 2.45) is 5.92 Å². The molecule has 2 aliphatic rings. The van der Waals surface area contributed by atoms with Crippen LogP contribution < -0.4 is 0 Å². The van der Waals surface area contributed by atoms with Gasteiger partial charge in [-0.05, 0) is 42.5 Å². The second-order valence-corrected chi connectivity index (χ2v) is 7.42. The van der Waals surface area contributed by atoms with Crippen LogP contribution in [0.4, 0.5) is 0 Å². The van der Waals surface area contributed by atoms with Gasteiger partial charge in [0.15, 0.2) is 0 Å². The van der Waals surface area contributed by atoms with Gasteiger partial charge in [0, 0.05) is 31.6 Å². The second kappa shape index (κ2) is 7.99. The van der Waals surface area contributed by atoms with Crippen molar-refractivity contribution >= 4 is 5.91 Å². The van der Waals surface area contributed by atoms with Crippen molar-refractivity contribution in [1.29, 1.82) is 0 Å². The first-order chi connectivity index (χ1) is 12.8. The number of nitrogens with zero attached hydrogens (tertiary/aromatic N) is 4. The summed E-state index contributed by atoms with van der Waals surface area (Å²) in [7, 11) is 0. The fourth-order valence-corrected chi connectivity index (χ4v) is 4.08. The van der Waals surface area contributed by atoms with Crippen LogP contribution in [0.1, 0.15) is 49.4 Å². The molecular formula is C20H26N4O2. The van der Waals surface area contributed by atoms with Crippen molar-refractivity contribution in [3.05, 3.63) is 48.0 Å². The van der Waals surface area contributed by atoms with E-state index in [2.05, 4.69) is 10.1 Å². The van der Waals surface area contributed by atoms with Crippen LogP contribution in [0.25, 0.3) is 0 Å². The molecule has 1 aliphatic heterocycles. The summed E-state index contributed by atoms with van der Waals surface area (Å²) in [5, 5.41) is 4.45. The van der Waals surface area contributed by atoms with Gasteiger partial charge in [0.2, 0.25) is 5.91 Å². The molecule has 2 aromatic heterocycles. The Hall–Kier alpha value is -2.21. The largest absolute Gasteiger partial charge is 0.374 e. The molecule has 4 rings (SSSR count). The molecular weight excluding hydrogens is 328 g/mol. The van der Waals surface area contributed by atoms with Crippen LogP contribution in [0.3, 0.4) is 0 Å². The molecule has 3 heterocycles. The maximum atomic E-state index is 12.8.